The molecule has 6 nitrogen and oxygen atoms in total. The molecule has 0 amide bonds. The number of tetrazole rings is 1. The van der Waals surface area contributed by atoms with Gasteiger partial charge in [-0.2, -0.15) is 0 Å². The Bertz CT molecular complexity index is 980. The molecule has 6 heteroatoms. The van der Waals surface area contributed by atoms with E-state index < -0.39 is 0 Å². The number of aromatic nitrogens is 4. The first kappa shape index (κ1) is 20.5. The lowest BCUT2D eigenvalue weighted by Crippen LogP contribution is -3.15. The van der Waals surface area contributed by atoms with Crippen LogP contribution in [0, 0.1) is 13.8 Å². The number of rotatable bonds is 4. The highest BCUT2D eigenvalue weighted by atomic mass is 15.6. The summed E-state index contributed by atoms with van der Waals surface area (Å²) in [5.74, 6) is 0.948. The maximum Gasteiger partial charge on any atom is 0.214 e. The Morgan fingerprint density at radius 2 is 1.63 bits per heavy atom. The number of piperazine rings is 1. The van der Waals surface area contributed by atoms with Crippen molar-refractivity contribution in [3.8, 4) is 0 Å². The topological polar surface area (TPSA) is 51.3 Å². The molecule has 0 unspecified atom stereocenters. The Labute approximate surface area is 179 Å². The summed E-state index contributed by atoms with van der Waals surface area (Å²) in [6.07, 6.45) is 0. The number of hydrogen-bond donors (Lipinski definition) is 1. The van der Waals surface area contributed by atoms with Crippen LogP contribution in [0.2, 0.25) is 0 Å². The molecule has 158 valence electrons. The van der Waals surface area contributed by atoms with Gasteiger partial charge in [-0.05, 0) is 62.2 Å². The van der Waals surface area contributed by atoms with Gasteiger partial charge >= 0.3 is 0 Å². The molecule has 1 atom stereocenters. The number of nitrogens with zero attached hydrogens (tertiary/aromatic N) is 5. The zero-order valence-electron chi connectivity index (χ0n) is 18.8. The summed E-state index contributed by atoms with van der Waals surface area (Å²) in [4.78, 5) is 4.05. The molecule has 1 saturated heterocycles. The first-order valence-corrected chi connectivity index (χ1v) is 10.9. The van der Waals surface area contributed by atoms with E-state index in [0.29, 0.717) is 0 Å². The first-order valence-electron chi connectivity index (χ1n) is 10.9. The molecule has 0 radical (unpaired) electrons. The van der Waals surface area contributed by atoms with Crippen molar-refractivity contribution in [3.05, 3.63) is 71.0 Å². The predicted octanol–water partition coefficient (Wildman–Crippen LogP) is 2.54. The van der Waals surface area contributed by atoms with Crippen molar-refractivity contribution < 1.29 is 4.90 Å². The van der Waals surface area contributed by atoms with E-state index in [0.717, 1.165) is 32.0 Å². The molecule has 0 spiro atoms. The number of hydrogen-bond acceptors (Lipinski definition) is 4. The maximum absolute atomic E-state index is 4.50. The molecule has 1 aliphatic rings. The van der Waals surface area contributed by atoms with Crippen molar-refractivity contribution >= 4 is 5.69 Å². The smallest absolute Gasteiger partial charge is 0.214 e. The van der Waals surface area contributed by atoms with E-state index in [9.17, 15) is 0 Å². The van der Waals surface area contributed by atoms with Gasteiger partial charge in [-0.15, -0.1) is 5.10 Å². The van der Waals surface area contributed by atoms with Gasteiger partial charge in [0, 0.05) is 11.3 Å². The molecular weight excluding hydrogens is 372 g/mol. The van der Waals surface area contributed by atoms with Crippen LogP contribution in [0.1, 0.15) is 49.3 Å². The van der Waals surface area contributed by atoms with E-state index >= 15 is 0 Å². The molecule has 1 aliphatic heterocycles. The fraction of sp³-hybridized carbons (Fsp3) is 0.458. The van der Waals surface area contributed by atoms with Crippen LogP contribution in [0.25, 0.3) is 0 Å². The predicted molar refractivity (Wildman–Crippen MR) is 120 cm³/mol. The summed E-state index contributed by atoms with van der Waals surface area (Å²) in [7, 11) is 0. The van der Waals surface area contributed by atoms with Gasteiger partial charge in [-0.3, -0.25) is 0 Å². The van der Waals surface area contributed by atoms with E-state index in [-0.39, 0.29) is 11.6 Å². The van der Waals surface area contributed by atoms with Crippen LogP contribution in [0.15, 0.2) is 48.5 Å². The lowest BCUT2D eigenvalue weighted by Gasteiger charge is -2.38. The third-order valence-corrected chi connectivity index (χ3v) is 6.25. The van der Waals surface area contributed by atoms with Gasteiger partial charge in [-0.1, -0.05) is 42.5 Å². The zero-order valence-corrected chi connectivity index (χ0v) is 18.8. The van der Waals surface area contributed by atoms with Gasteiger partial charge in [0.15, 0.2) is 6.04 Å². The minimum absolute atomic E-state index is 0.126. The van der Waals surface area contributed by atoms with Crippen LogP contribution in [-0.4, -0.2) is 46.4 Å². The number of benzene rings is 2. The van der Waals surface area contributed by atoms with Gasteiger partial charge in [-0.25, -0.2) is 4.68 Å². The van der Waals surface area contributed by atoms with Crippen LogP contribution in [0.4, 0.5) is 5.69 Å². The molecule has 1 N–H and O–H groups in total. The summed E-state index contributed by atoms with van der Waals surface area (Å²) < 4.78 is 1.99. The third-order valence-electron chi connectivity index (χ3n) is 6.25. The fourth-order valence-electron chi connectivity index (χ4n) is 4.47. The Hall–Kier alpha value is -2.73. The van der Waals surface area contributed by atoms with Gasteiger partial charge in [0.25, 0.3) is 0 Å². The lowest BCUT2D eigenvalue weighted by molar-refractivity contribution is -0.927. The Kier molecular flexibility index (Phi) is 5.60. The number of aryl methyl sites for hydroxylation is 1. The fourth-order valence-corrected chi connectivity index (χ4v) is 4.47. The highest BCUT2D eigenvalue weighted by Crippen LogP contribution is 2.25. The van der Waals surface area contributed by atoms with Crippen LogP contribution in [0.5, 0.6) is 0 Å². The van der Waals surface area contributed by atoms with Gasteiger partial charge in [0.1, 0.15) is 0 Å². The molecule has 0 bridgehead atoms. The number of quaternary nitrogens is 1. The zero-order chi connectivity index (χ0) is 21.3. The van der Waals surface area contributed by atoms with E-state index in [1.807, 2.05) is 4.68 Å². The van der Waals surface area contributed by atoms with Crippen LogP contribution >= 0.6 is 0 Å². The average Bonchev–Trinajstić information content (AvgIpc) is 3.22. The van der Waals surface area contributed by atoms with Crippen molar-refractivity contribution in [3.63, 3.8) is 0 Å². The van der Waals surface area contributed by atoms with Gasteiger partial charge in [0.2, 0.25) is 5.82 Å². The molecular formula is C24H33N6+. The van der Waals surface area contributed by atoms with Crippen molar-refractivity contribution in [2.75, 3.05) is 31.1 Å². The van der Waals surface area contributed by atoms with Crippen LogP contribution in [0.3, 0.4) is 0 Å². The van der Waals surface area contributed by atoms with Crippen molar-refractivity contribution in [2.45, 2.75) is 46.2 Å². The van der Waals surface area contributed by atoms with E-state index in [1.54, 1.807) is 0 Å². The van der Waals surface area contributed by atoms with Gasteiger partial charge < -0.3 is 9.80 Å². The second-order valence-electron chi connectivity index (χ2n) is 9.33. The molecule has 3 aromatic rings. The molecule has 4 rings (SSSR count). The summed E-state index contributed by atoms with van der Waals surface area (Å²) in [6.45, 7) is 15.0. The SMILES string of the molecule is Cc1cccc(N2CC[NH+]([C@H](c3ccccc3)c3nnnn3C(C)(C)C)CC2)c1C. The quantitative estimate of drug-likeness (QED) is 0.725. The molecule has 0 saturated carbocycles. The van der Waals surface area contributed by atoms with Crippen molar-refractivity contribution in [2.24, 2.45) is 0 Å². The highest BCUT2D eigenvalue weighted by molar-refractivity contribution is 5.56. The second-order valence-corrected chi connectivity index (χ2v) is 9.33. The number of nitrogens with one attached hydrogen (secondary N) is 1. The Balaban J connectivity index is 1.63. The number of anilines is 1. The summed E-state index contributed by atoms with van der Waals surface area (Å²) in [5.41, 5.74) is 5.22. The van der Waals surface area contributed by atoms with Crippen molar-refractivity contribution in [1.82, 2.24) is 20.2 Å². The monoisotopic (exact) mass is 405 g/mol. The van der Waals surface area contributed by atoms with Crippen LogP contribution in [-0.2, 0) is 5.54 Å². The standard InChI is InChI=1S/C24H32N6/c1-18-10-9-13-21(19(18)2)28-14-16-29(17-15-28)22(20-11-7-6-8-12-20)23-25-26-27-30(23)24(3,4)5/h6-13,22H,14-17H2,1-5H3/p+1/t22-/m1/s1. The minimum atomic E-state index is -0.161. The molecule has 0 aliphatic carbocycles. The summed E-state index contributed by atoms with van der Waals surface area (Å²) in [6, 6.07) is 17.4. The molecule has 2 heterocycles. The van der Waals surface area contributed by atoms with E-state index in [2.05, 4.69) is 104 Å². The van der Waals surface area contributed by atoms with E-state index in [1.165, 1.54) is 27.3 Å². The summed E-state index contributed by atoms with van der Waals surface area (Å²) >= 11 is 0. The molecule has 30 heavy (non-hydrogen) atoms. The van der Waals surface area contributed by atoms with Crippen molar-refractivity contribution in [1.29, 1.82) is 0 Å². The first-order chi connectivity index (χ1) is 14.4. The largest absolute Gasteiger partial charge is 0.360 e. The minimum Gasteiger partial charge on any atom is -0.360 e. The Morgan fingerprint density at radius 1 is 0.933 bits per heavy atom. The normalized spacial score (nSPS) is 16.6. The summed E-state index contributed by atoms with van der Waals surface area (Å²) in [5, 5.41) is 12.9. The molecule has 2 aromatic carbocycles. The molecule has 1 aromatic heterocycles. The average molecular weight is 406 g/mol. The van der Waals surface area contributed by atoms with E-state index in [4.69, 9.17) is 0 Å². The Morgan fingerprint density at radius 3 is 2.30 bits per heavy atom. The highest BCUT2D eigenvalue weighted by Gasteiger charge is 2.36. The lowest BCUT2D eigenvalue weighted by atomic mass is 10.0. The van der Waals surface area contributed by atoms with Gasteiger partial charge in [0.05, 0.1) is 31.7 Å². The molecule has 1 fully saturated rings. The second kappa shape index (κ2) is 8.19. The van der Waals surface area contributed by atoms with Crippen LogP contribution < -0.4 is 9.80 Å². The third kappa shape index (κ3) is 3.97. The maximum atomic E-state index is 4.50.